The van der Waals surface area contributed by atoms with E-state index in [1.54, 1.807) is 24.9 Å². The van der Waals surface area contributed by atoms with Gasteiger partial charge in [-0.1, -0.05) is 0 Å². The van der Waals surface area contributed by atoms with E-state index in [4.69, 9.17) is 5.11 Å². The molecule has 4 nitrogen and oxygen atoms in total. The molecule has 1 heterocycles. The summed E-state index contributed by atoms with van der Waals surface area (Å²) in [6.45, 7) is 1.75. The first-order chi connectivity index (χ1) is 5.65. The summed E-state index contributed by atoms with van der Waals surface area (Å²) in [6, 6.07) is 0. The molecule has 0 radical (unpaired) electrons. The minimum atomic E-state index is -0.233. The average Bonchev–Trinajstić information content (AvgIpc) is 2.30. The maximum Gasteiger partial charge on any atom is 0.192 e. The van der Waals surface area contributed by atoms with Gasteiger partial charge in [0.2, 0.25) is 0 Å². The zero-order valence-electron chi connectivity index (χ0n) is 6.98. The minimum Gasteiger partial charge on any atom is -0.515 e. The van der Waals surface area contributed by atoms with E-state index in [1.807, 2.05) is 0 Å². The van der Waals surface area contributed by atoms with Crippen molar-refractivity contribution in [3.05, 3.63) is 29.8 Å². The fourth-order valence-corrected chi connectivity index (χ4v) is 0.999. The van der Waals surface area contributed by atoms with Gasteiger partial charge >= 0.3 is 0 Å². The standard InChI is InChI=1S/C8H10N2O2/c1-6-7(5-10(2)9-6)8(12)3-4-11/h3-5,11H,1-2H3/b4-3+. The summed E-state index contributed by atoms with van der Waals surface area (Å²) in [7, 11) is 1.74. The Balaban J connectivity index is 3.02. The van der Waals surface area contributed by atoms with E-state index in [-0.39, 0.29) is 5.78 Å². The van der Waals surface area contributed by atoms with Crippen molar-refractivity contribution in [2.75, 3.05) is 0 Å². The molecular weight excluding hydrogens is 156 g/mol. The molecule has 12 heavy (non-hydrogen) atoms. The number of carbonyl (C=O) groups excluding carboxylic acids is 1. The molecule has 0 amide bonds. The van der Waals surface area contributed by atoms with Crippen LogP contribution in [0.1, 0.15) is 16.1 Å². The molecule has 0 aliphatic rings. The van der Waals surface area contributed by atoms with Crippen LogP contribution < -0.4 is 0 Å². The quantitative estimate of drug-likeness (QED) is 0.405. The molecule has 4 heteroatoms. The molecule has 0 bridgehead atoms. The van der Waals surface area contributed by atoms with Crippen LogP contribution in [0.5, 0.6) is 0 Å². The third kappa shape index (κ3) is 1.53. The molecule has 1 aromatic rings. The number of hydrogen-bond acceptors (Lipinski definition) is 3. The zero-order chi connectivity index (χ0) is 9.14. The van der Waals surface area contributed by atoms with Crippen molar-refractivity contribution >= 4 is 5.78 Å². The van der Waals surface area contributed by atoms with Crippen molar-refractivity contribution in [2.24, 2.45) is 7.05 Å². The van der Waals surface area contributed by atoms with E-state index < -0.39 is 0 Å². The Kier molecular flexibility index (Phi) is 2.28. The van der Waals surface area contributed by atoms with Gasteiger partial charge in [0.1, 0.15) is 0 Å². The summed E-state index contributed by atoms with van der Waals surface area (Å²) in [5, 5.41) is 12.4. The summed E-state index contributed by atoms with van der Waals surface area (Å²) in [5.74, 6) is -0.233. The lowest BCUT2D eigenvalue weighted by Crippen LogP contribution is -1.94. The molecule has 0 aliphatic carbocycles. The van der Waals surface area contributed by atoms with Gasteiger partial charge in [0.05, 0.1) is 17.5 Å². The molecule has 0 unspecified atom stereocenters. The van der Waals surface area contributed by atoms with Crippen LogP contribution in [-0.2, 0) is 7.05 Å². The van der Waals surface area contributed by atoms with Crippen LogP contribution in [0.4, 0.5) is 0 Å². The first-order valence-corrected chi connectivity index (χ1v) is 3.50. The van der Waals surface area contributed by atoms with Crippen molar-refractivity contribution in [1.82, 2.24) is 9.78 Å². The average molecular weight is 166 g/mol. The Morgan fingerprint density at radius 2 is 2.42 bits per heavy atom. The Hall–Kier alpha value is -1.58. The van der Waals surface area contributed by atoms with E-state index in [9.17, 15) is 4.79 Å². The van der Waals surface area contributed by atoms with Gasteiger partial charge in [0.25, 0.3) is 0 Å². The fourth-order valence-electron chi connectivity index (χ4n) is 0.999. The molecule has 0 aliphatic heterocycles. The summed E-state index contributed by atoms with van der Waals surface area (Å²) in [5.41, 5.74) is 1.18. The molecule has 0 fully saturated rings. The molecule has 0 spiro atoms. The van der Waals surface area contributed by atoms with Crippen molar-refractivity contribution in [3.8, 4) is 0 Å². The number of rotatable bonds is 2. The first-order valence-electron chi connectivity index (χ1n) is 3.50. The van der Waals surface area contributed by atoms with Gasteiger partial charge in [0, 0.05) is 19.3 Å². The Bertz CT molecular complexity index is 326. The molecule has 0 saturated carbocycles. The topological polar surface area (TPSA) is 55.1 Å². The van der Waals surface area contributed by atoms with E-state index in [2.05, 4.69) is 5.10 Å². The minimum absolute atomic E-state index is 0.233. The third-order valence-corrected chi connectivity index (χ3v) is 1.50. The van der Waals surface area contributed by atoms with Gasteiger partial charge in [-0.3, -0.25) is 9.48 Å². The second-order valence-corrected chi connectivity index (χ2v) is 2.48. The highest BCUT2D eigenvalue weighted by molar-refractivity contribution is 6.04. The number of nitrogens with zero attached hydrogens (tertiary/aromatic N) is 2. The number of aromatic nitrogens is 2. The predicted molar refractivity (Wildman–Crippen MR) is 44.0 cm³/mol. The fraction of sp³-hybridized carbons (Fsp3) is 0.250. The van der Waals surface area contributed by atoms with Gasteiger partial charge < -0.3 is 5.11 Å². The van der Waals surface area contributed by atoms with Crippen molar-refractivity contribution in [2.45, 2.75) is 6.92 Å². The van der Waals surface area contributed by atoms with Gasteiger partial charge in [-0.2, -0.15) is 5.10 Å². The lowest BCUT2D eigenvalue weighted by Gasteiger charge is -1.87. The van der Waals surface area contributed by atoms with Crippen LogP contribution in [0.2, 0.25) is 0 Å². The highest BCUT2D eigenvalue weighted by Crippen LogP contribution is 2.05. The highest BCUT2D eigenvalue weighted by Gasteiger charge is 2.08. The number of allylic oxidation sites excluding steroid dienone is 1. The summed E-state index contributed by atoms with van der Waals surface area (Å²) < 4.78 is 1.56. The van der Waals surface area contributed by atoms with Crippen LogP contribution in [0, 0.1) is 6.92 Å². The van der Waals surface area contributed by atoms with Crippen molar-refractivity contribution < 1.29 is 9.90 Å². The van der Waals surface area contributed by atoms with Crippen LogP contribution in [0.15, 0.2) is 18.5 Å². The molecular formula is C8H10N2O2. The van der Waals surface area contributed by atoms with Crippen LogP contribution >= 0.6 is 0 Å². The second kappa shape index (κ2) is 3.21. The van der Waals surface area contributed by atoms with Crippen molar-refractivity contribution in [3.63, 3.8) is 0 Å². The van der Waals surface area contributed by atoms with Crippen LogP contribution in [0.25, 0.3) is 0 Å². The van der Waals surface area contributed by atoms with E-state index in [0.717, 1.165) is 12.3 Å². The normalized spacial score (nSPS) is 10.8. The largest absolute Gasteiger partial charge is 0.515 e. The van der Waals surface area contributed by atoms with E-state index in [1.165, 1.54) is 0 Å². The SMILES string of the molecule is Cc1nn(C)cc1C(=O)/C=C/O. The molecule has 1 N–H and O–H groups in total. The summed E-state index contributed by atoms with van der Waals surface area (Å²) in [6.07, 6.45) is 3.45. The lowest BCUT2D eigenvalue weighted by molar-refractivity contribution is 0.104. The van der Waals surface area contributed by atoms with E-state index in [0.29, 0.717) is 11.3 Å². The molecule has 1 aromatic heterocycles. The Morgan fingerprint density at radius 3 is 2.83 bits per heavy atom. The number of carbonyl (C=O) groups is 1. The zero-order valence-corrected chi connectivity index (χ0v) is 6.98. The Labute approximate surface area is 70.1 Å². The number of aliphatic hydroxyl groups is 1. The number of aryl methyl sites for hydroxylation is 2. The number of ketones is 1. The molecule has 0 saturated heterocycles. The molecule has 0 atom stereocenters. The van der Waals surface area contributed by atoms with Crippen LogP contribution in [-0.4, -0.2) is 20.7 Å². The molecule has 1 rings (SSSR count). The second-order valence-electron chi connectivity index (χ2n) is 2.48. The van der Waals surface area contributed by atoms with Gasteiger partial charge in [-0.25, -0.2) is 0 Å². The van der Waals surface area contributed by atoms with Crippen molar-refractivity contribution in [1.29, 1.82) is 0 Å². The third-order valence-electron chi connectivity index (χ3n) is 1.50. The summed E-state index contributed by atoms with van der Waals surface area (Å²) >= 11 is 0. The van der Waals surface area contributed by atoms with Crippen LogP contribution in [0.3, 0.4) is 0 Å². The number of hydrogen-bond donors (Lipinski definition) is 1. The number of aliphatic hydroxyl groups excluding tert-OH is 1. The van der Waals surface area contributed by atoms with Gasteiger partial charge in [0.15, 0.2) is 5.78 Å². The lowest BCUT2D eigenvalue weighted by atomic mass is 10.2. The van der Waals surface area contributed by atoms with E-state index >= 15 is 0 Å². The molecule has 64 valence electrons. The smallest absolute Gasteiger partial charge is 0.192 e. The molecule has 0 aromatic carbocycles. The highest BCUT2D eigenvalue weighted by atomic mass is 16.2. The van der Waals surface area contributed by atoms with Gasteiger partial charge in [-0.05, 0) is 6.92 Å². The maximum atomic E-state index is 11.2. The predicted octanol–water partition coefficient (Wildman–Crippen LogP) is 0.983. The Morgan fingerprint density at radius 1 is 1.75 bits per heavy atom. The maximum absolute atomic E-state index is 11.2. The first kappa shape index (κ1) is 8.52. The van der Waals surface area contributed by atoms with Gasteiger partial charge in [-0.15, -0.1) is 0 Å². The monoisotopic (exact) mass is 166 g/mol. The summed E-state index contributed by atoms with van der Waals surface area (Å²) in [4.78, 5) is 11.2.